The zero-order valence-electron chi connectivity index (χ0n) is 15.9. The molecular formula is C19H29BrO7. The Labute approximate surface area is 169 Å². The van der Waals surface area contributed by atoms with Crippen molar-refractivity contribution in [3.05, 3.63) is 27.4 Å². The fourth-order valence-corrected chi connectivity index (χ4v) is 3.16. The smallest absolute Gasteiger partial charge is 0.111 e. The van der Waals surface area contributed by atoms with Gasteiger partial charge in [0, 0.05) is 12.7 Å². The molecule has 27 heavy (non-hydrogen) atoms. The van der Waals surface area contributed by atoms with Crippen molar-refractivity contribution in [1.82, 2.24) is 0 Å². The van der Waals surface area contributed by atoms with Gasteiger partial charge in [0.2, 0.25) is 0 Å². The Morgan fingerprint density at radius 3 is 1.70 bits per heavy atom. The van der Waals surface area contributed by atoms with Crippen LogP contribution in [0.4, 0.5) is 0 Å². The van der Waals surface area contributed by atoms with Gasteiger partial charge in [-0.3, -0.25) is 0 Å². The van der Waals surface area contributed by atoms with Crippen LogP contribution in [0.2, 0.25) is 0 Å². The molecule has 1 saturated heterocycles. The summed E-state index contributed by atoms with van der Waals surface area (Å²) in [6, 6.07) is 0. The van der Waals surface area contributed by atoms with Gasteiger partial charge in [-0.2, -0.15) is 0 Å². The number of methoxy groups -OCH3 is 1. The second kappa shape index (κ2) is 14.5. The van der Waals surface area contributed by atoms with E-state index in [4.69, 9.17) is 33.2 Å². The Hall–Kier alpha value is -0.540. The van der Waals surface area contributed by atoms with Crippen LogP contribution in [0, 0.1) is 0 Å². The Morgan fingerprint density at radius 1 is 0.778 bits per heavy atom. The van der Waals surface area contributed by atoms with Crippen LogP contribution in [0.15, 0.2) is 27.4 Å². The summed E-state index contributed by atoms with van der Waals surface area (Å²) in [7, 11) is 1.67. The predicted octanol–water partition coefficient (Wildman–Crippen LogP) is 1.86. The molecule has 1 fully saturated rings. The Balaban J connectivity index is 1.85. The highest BCUT2D eigenvalue weighted by Crippen LogP contribution is 2.25. The van der Waals surface area contributed by atoms with E-state index in [1.165, 1.54) is 0 Å². The molecule has 1 heterocycles. The van der Waals surface area contributed by atoms with Crippen LogP contribution >= 0.6 is 15.9 Å². The summed E-state index contributed by atoms with van der Waals surface area (Å²) in [5.74, 6) is 0. The third-order valence-electron chi connectivity index (χ3n) is 3.87. The first-order valence-electron chi connectivity index (χ1n) is 9.16. The number of ether oxygens (including phenoxy) is 7. The minimum Gasteiger partial charge on any atom is -0.377 e. The van der Waals surface area contributed by atoms with Gasteiger partial charge in [0.15, 0.2) is 0 Å². The minimum atomic E-state index is -0.205. The van der Waals surface area contributed by atoms with E-state index in [0.717, 1.165) is 15.6 Å². The highest BCUT2D eigenvalue weighted by molar-refractivity contribution is 9.11. The van der Waals surface area contributed by atoms with Crippen LogP contribution in [0.1, 0.15) is 0 Å². The SMILES string of the molecule is COC1C2=C=C(Br)C=C1COCCOCCOCCOCCOCCOC2. The molecule has 0 aromatic heterocycles. The van der Waals surface area contributed by atoms with Crippen molar-refractivity contribution in [2.24, 2.45) is 0 Å². The Kier molecular flexibility index (Phi) is 12.2. The lowest BCUT2D eigenvalue weighted by Crippen LogP contribution is -2.25. The molecule has 2 rings (SSSR count). The largest absolute Gasteiger partial charge is 0.377 e. The number of rotatable bonds is 1. The van der Waals surface area contributed by atoms with Crippen LogP contribution in [-0.2, 0) is 33.2 Å². The number of fused-ring (bicyclic) bond motifs is 2. The maximum atomic E-state index is 5.73. The monoisotopic (exact) mass is 448 g/mol. The molecule has 0 aromatic carbocycles. The van der Waals surface area contributed by atoms with Gasteiger partial charge in [-0.15, -0.1) is 5.73 Å². The fourth-order valence-electron chi connectivity index (χ4n) is 2.61. The molecule has 154 valence electrons. The molecule has 0 spiro atoms. The van der Waals surface area contributed by atoms with Crippen LogP contribution in [0.5, 0.6) is 0 Å². The molecule has 0 N–H and O–H groups in total. The number of hydrogen-bond donors (Lipinski definition) is 0. The summed E-state index contributed by atoms with van der Waals surface area (Å²) in [6.45, 7) is 6.16. The van der Waals surface area contributed by atoms with E-state index in [9.17, 15) is 0 Å². The van der Waals surface area contributed by atoms with Gasteiger partial charge in [-0.25, -0.2) is 0 Å². The van der Waals surface area contributed by atoms with Crippen LogP contribution in [0.3, 0.4) is 0 Å². The quantitative estimate of drug-likeness (QED) is 0.567. The average molecular weight is 449 g/mol. The molecule has 7 nitrogen and oxygen atoms in total. The molecule has 2 aliphatic rings. The van der Waals surface area contributed by atoms with E-state index in [-0.39, 0.29) is 6.10 Å². The Morgan fingerprint density at radius 2 is 1.22 bits per heavy atom. The summed E-state index contributed by atoms with van der Waals surface area (Å²) in [5.41, 5.74) is 5.20. The zero-order valence-corrected chi connectivity index (χ0v) is 17.5. The van der Waals surface area contributed by atoms with Gasteiger partial charge in [-0.1, -0.05) is 0 Å². The molecular weight excluding hydrogens is 420 g/mol. The van der Waals surface area contributed by atoms with E-state index in [0.29, 0.717) is 79.3 Å². The molecule has 1 aliphatic carbocycles. The summed E-state index contributed by atoms with van der Waals surface area (Å²) >= 11 is 3.50. The van der Waals surface area contributed by atoms with E-state index in [1.807, 2.05) is 6.08 Å². The zero-order chi connectivity index (χ0) is 19.2. The topological polar surface area (TPSA) is 64.6 Å². The lowest BCUT2D eigenvalue weighted by Gasteiger charge is -2.23. The first kappa shape index (κ1) is 22.7. The minimum absolute atomic E-state index is 0.205. The number of allylic oxidation sites excluding steroid dienone is 1. The van der Waals surface area contributed by atoms with Crippen molar-refractivity contribution in [2.75, 3.05) is 86.4 Å². The summed E-state index contributed by atoms with van der Waals surface area (Å²) in [6.07, 6.45) is 1.77. The Bertz CT molecular complexity index is 514. The first-order valence-corrected chi connectivity index (χ1v) is 9.95. The lowest BCUT2D eigenvalue weighted by molar-refractivity contribution is -0.0145. The highest BCUT2D eigenvalue weighted by Gasteiger charge is 2.22. The molecule has 0 amide bonds. The molecule has 2 bridgehead atoms. The van der Waals surface area contributed by atoms with Crippen molar-refractivity contribution in [1.29, 1.82) is 0 Å². The summed E-state index contributed by atoms with van der Waals surface area (Å²) in [5, 5.41) is 0. The number of halogens is 1. The van der Waals surface area contributed by atoms with Crippen LogP contribution < -0.4 is 0 Å². The molecule has 0 aromatic rings. The van der Waals surface area contributed by atoms with Crippen molar-refractivity contribution < 1.29 is 33.2 Å². The second-order valence-electron chi connectivity index (χ2n) is 5.89. The third kappa shape index (κ3) is 9.47. The van der Waals surface area contributed by atoms with Crippen molar-refractivity contribution in [3.63, 3.8) is 0 Å². The number of hydrogen-bond acceptors (Lipinski definition) is 7. The van der Waals surface area contributed by atoms with E-state index in [2.05, 4.69) is 21.7 Å². The third-order valence-corrected chi connectivity index (χ3v) is 4.29. The molecule has 1 aliphatic heterocycles. The van der Waals surface area contributed by atoms with Gasteiger partial charge < -0.3 is 33.2 Å². The van der Waals surface area contributed by atoms with Crippen LogP contribution in [-0.4, -0.2) is 92.5 Å². The predicted molar refractivity (Wildman–Crippen MR) is 103 cm³/mol. The van der Waals surface area contributed by atoms with E-state index in [1.54, 1.807) is 7.11 Å². The highest BCUT2D eigenvalue weighted by atomic mass is 79.9. The van der Waals surface area contributed by atoms with Crippen molar-refractivity contribution in [3.8, 4) is 0 Å². The van der Waals surface area contributed by atoms with Gasteiger partial charge >= 0.3 is 0 Å². The van der Waals surface area contributed by atoms with E-state index < -0.39 is 0 Å². The molecule has 8 heteroatoms. The van der Waals surface area contributed by atoms with Crippen molar-refractivity contribution in [2.45, 2.75) is 6.10 Å². The molecule has 0 saturated carbocycles. The maximum absolute atomic E-state index is 5.73. The first-order chi connectivity index (χ1) is 13.3. The van der Waals surface area contributed by atoms with Gasteiger partial charge in [0.05, 0.1) is 83.8 Å². The molecule has 0 radical (unpaired) electrons. The average Bonchev–Trinajstić information content (AvgIpc) is 2.66. The second-order valence-corrected chi connectivity index (χ2v) is 6.74. The summed E-state index contributed by atoms with van der Waals surface area (Å²) < 4.78 is 39.8. The lowest BCUT2D eigenvalue weighted by atomic mass is 9.99. The standard InChI is InChI=1S/C19H29BrO7/c1-21-19-16-12-18(20)13-17(19)15-27-11-9-25-7-5-23-3-2-22-4-6-24-8-10-26-14-16/h12,19H,2-11,14-15H2,1H3. The van der Waals surface area contributed by atoms with E-state index >= 15 is 0 Å². The van der Waals surface area contributed by atoms with Crippen molar-refractivity contribution >= 4 is 15.9 Å². The normalized spacial score (nSPS) is 25.6. The summed E-state index contributed by atoms with van der Waals surface area (Å²) in [4.78, 5) is 0. The fraction of sp³-hybridized carbons (Fsp3) is 0.737. The van der Waals surface area contributed by atoms with Gasteiger partial charge in [0.1, 0.15) is 6.10 Å². The van der Waals surface area contributed by atoms with Gasteiger partial charge in [0.25, 0.3) is 0 Å². The maximum Gasteiger partial charge on any atom is 0.111 e. The molecule has 1 unspecified atom stereocenters. The molecule has 1 atom stereocenters. The van der Waals surface area contributed by atoms with Crippen LogP contribution in [0.25, 0.3) is 0 Å². The van der Waals surface area contributed by atoms with Gasteiger partial charge in [-0.05, 0) is 27.6 Å².